The molecule has 1 aliphatic rings. The predicted octanol–water partition coefficient (Wildman–Crippen LogP) is 1.60. The summed E-state index contributed by atoms with van der Waals surface area (Å²) in [5, 5.41) is 16.6. The summed E-state index contributed by atoms with van der Waals surface area (Å²) in [5.41, 5.74) is 2.57. The molecule has 0 spiro atoms. The molecular formula is C16H19N3O2. The van der Waals surface area contributed by atoms with Crippen LogP contribution in [0.3, 0.4) is 0 Å². The lowest BCUT2D eigenvalue weighted by Gasteiger charge is -2.28. The van der Waals surface area contributed by atoms with Crippen molar-refractivity contribution in [2.24, 2.45) is 0 Å². The Kier molecular flexibility index (Phi) is 4.01. The van der Waals surface area contributed by atoms with Gasteiger partial charge in [-0.25, -0.2) is 0 Å². The molecule has 1 saturated heterocycles. The fraction of sp³-hybridized carbons (Fsp3) is 0.375. The summed E-state index contributed by atoms with van der Waals surface area (Å²) in [6.07, 6.45) is 1.75. The molecule has 0 bridgehead atoms. The third kappa shape index (κ3) is 3.31. The lowest BCUT2D eigenvalue weighted by Crippen LogP contribution is -2.40. The number of hydrogen-bond acceptors (Lipinski definition) is 3. The monoisotopic (exact) mass is 285 g/mol. The highest BCUT2D eigenvalue weighted by molar-refractivity contribution is 5.92. The molecule has 1 aromatic heterocycles. The van der Waals surface area contributed by atoms with Crippen LogP contribution in [0, 0.1) is 0 Å². The summed E-state index contributed by atoms with van der Waals surface area (Å²) in [4.78, 5) is 14.1. The molecule has 2 heterocycles. The van der Waals surface area contributed by atoms with Gasteiger partial charge in [0.1, 0.15) is 5.69 Å². The Morgan fingerprint density at radius 2 is 2.00 bits per heavy atom. The summed E-state index contributed by atoms with van der Waals surface area (Å²) < 4.78 is 0. The number of amides is 1. The quantitative estimate of drug-likeness (QED) is 0.900. The van der Waals surface area contributed by atoms with Crippen LogP contribution in [0.25, 0.3) is 0 Å². The maximum atomic E-state index is 12.3. The van der Waals surface area contributed by atoms with Gasteiger partial charge < -0.3 is 10.0 Å². The molecule has 0 unspecified atom stereocenters. The van der Waals surface area contributed by atoms with Gasteiger partial charge >= 0.3 is 0 Å². The van der Waals surface area contributed by atoms with E-state index < -0.39 is 0 Å². The van der Waals surface area contributed by atoms with Crippen molar-refractivity contribution in [1.29, 1.82) is 0 Å². The second-order valence-electron chi connectivity index (χ2n) is 5.46. The van der Waals surface area contributed by atoms with Crippen LogP contribution in [0.5, 0.6) is 0 Å². The predicted molar refractivity (Wildman–Crippen MR) is 79.0 cm³/mol. The molecule has 3 rings (SSSR count). The maximum absolute atomic E-state index is 12.3. The van der Waals surface area contributed by atoms with Crippen molar-refractivity contribution >= 4 is 5.91 Å². The molecule has 2 aromatic rings. The van der Waals surface area contributed by atoms with E-state index in [-0.39, 0.29) is 12.0 Å². The number of aliphatic hydroxyl groups is 1. The van der Waals surface area contributed by atoms with Crippen LogP contribution in [-0.4, -0.2) is 45.3 Å². The number of carbonyl (C=O) groups excluding carboxylic acids is 1. The molecule has 1 fully saturated rings. The van der Waals surface area contributed by atoms with E-state index in [1.807, 2.05) is 36.4 Å². The Bertz CT molecular complexity index is 601. The lowest BCUT2D eigenvalue weighted by molar-refractivity contribution is 0.0541. The molecule has 2 N–H and O–H groups in total. The Labute approximate surface area is 123 Å². The first kappa shape index (κ1) is 13.8. The molecule has 0 saturated carbocycles. The Morgan fingerprint density at radius 3 is 2.71 bits per heavy atom. The Morgan fingerprint density at radius 1 is 1.29 bits per heavy atom. The van der Waals surface area contributed by atoms with E-state index in [1.54, 1.807) is 4.90 Å². The summed E-state index contributed by atoms with van der Waals surface area (Å²) in [6, 6.07) is 11.9. The van der Waals surface area contributed by atoms with Gasteiger partial charge in [0.15, 0.2) is 0 Å². The molecule has 5 nitrogen and oxygen atoms in total. The molecule has 1 aromatic carbocycles. The third-order valence-corrected chi connectivity index (χ3v) is 3.84. The van der Waals surface area contributed by atoms with Gasteiger partial charge in [0.05, 0.1) is 6.10 Å². The fourth-order valence-electron chi connectivity index (χ4n) is 2.61. The highest BCUT2D eigenvalue weighted by atomic mass is 16.3. The normalized spacial score (nSPS) is 16.1. The van der Waals surface area contributed by atoms with Crippen molar-refractivity contribution in [3.05, 3.63) is 53.3 Å². The van der Waals surface area contributed by atoms with Gasteiger partial charge in [-0.3, -0.25) is 9.89 Å². The number of H-pyrrole nitrogens is 1. The molecule has 21 heavy (non-hydrogen) atoms. The number of likely N-dealkylation sites (tertiary alicyclic amines) is 1. The van der Waals surface area contributed by atoms with Gasteiger partial charge in [-0.15, -0.1) is 0 Å². The van der Waals surface area contributed by atoms with E-state index in [0.29, 0.717) is 31.6 Å². The van der Waals surface area contributed by atoms with Crippen molar-refractivity contribution in [1.82, 2.24) is 15.1 Å². The minimum absolute atomic E-state index is 0.0579. The first-order valence-electron chi connectivity index (χ1n) is 7.28. The SMILES string of the molecule is O=C(c1cc(Cc2ccccc2)[nH]n1)N1CCC(O)CC1. The molecule has 5 heteroatoms. The average molecular weight is 285 g/mol. The van der Waals surface area contributed by atoms with Crippen molar-refractivity contribution in [3.63, 3.8) is 0 Å². The number of aromatic amines is 1. The maximum Gasteiger partial charge on any atom is 0.274 e. The van der Waals surface area contributed by atoms with Gasteiger partial charge in [0.2, 0.25) is 0 Å². The van der Waals surface area contributed by atoms with Crippen molar-refractivity contribution in [3.8, 4) is 0 Å². The molecule has 0 aliphatic carbocycles. The number of carbonyl (C=O) groups is 1. The van der Waals surface area contributed by atoms with Crippen molar-refractivity contribution in [2.45, 2.75) is 25.4 Å². The third-order valence-electron chi connectivity index (χ3n) is 3.84. The van der Waals surface area contributed by atoms with E-state index >= 15 is 0 Å². The van der Waals surface area contributed by atoms with E-state index in [4.69, 9.17) is 0 Å². The standard InChI is InChI=1S/C16H19N3O2/c20-14-6-8-19(9-7-14)16(21)15-11-13(17-18-15)10-12-4-2-1-3-5-12/h1-5,11,14,20H,6-10H2,(H,17,18). The first-order chi connectivity index (χ1) is 10.2. The summed E-state index contributed by atoms with van der Waals surface area (Å²) >= 11 is 0. The molecular weight excluding hydrogens is 266 g/mol. The molecule has 1 aliphatic heterocycles. The van der Waals surface area contributed by atoms with Gasteiger partial charge in [-0.05, 0) is 24.5 Å². The van der Waals surface area contributed by atoms with Crippen LogP contribution in [0.2, 0.25) is 0 Å². The molecule has 0 radical (unpaired) electrons. The van der Waals surface area contributed by atoms with Gasteiger partial charge in [-0.1, -0.05) is 30.3 Å². The molecule has 0 atom stereocenters. The van der Waals surface area contributed by atoms with E-state index in [0.717, 1.165) is 12.1 Å². The van der Waals surface area contributed by atoms with Crippen LogP contribution in [0.1, 0.15) is 34.6 Å². The first-order valence-corrected chi connectivity index (χ1v) is 7.28. The van der Waals surface area contributed by atoms with Gasteiger partial charge in [0, 0.05) is 25.2 Å². The van der Waals surface area contributed by atoms with Crippen LogP contribution in [-0.2, 0) is 6.42 Å². The number of nitrogens with one attached hydrogen (secondary N) is 1. The van der Waals surface area contributed by atoms with E-state index in [2.05, 4.69) is 10.2 Å². The largest absolute Gasteiger partial charge is 0.393 e. The number of piperidine rings is 1. The zero-order valence-corrected chi connectivity index (χ0v) is 11.8. The van der Waals surface area contributed by atoms with Crippen molar-refractivity contribution < 1.29 is 9.90 Å². The highest BCUT2D eigenvalue weighted by Gasteiger charge is 2.23. The van der Waals surface area contributed by atoms with E-state index in [9.17, 15) is 9.90 Å². The number of benzene rings is 1. The van der Waals surface area contributed by atoms with Crippen LogP contribution < -0.4 is 0 Å². The lowest BCUT2D eigenvalue weighted by atomic mass is 10.1. The summed E-state index contributed by atoms with van der Waals surface area (Å²) in [7, 11) is 0. The van der Waals surface area contributed by atoms with Crippen LogP contribution in [0.4, 0.5) is 0 Å². The smallest absolute Gasteiger partial charge is 0.274 e. The summed E-state index contributed by atoms with van der Waals surface area (Å²) in [6.45, 7) is 1.20. The molecule has 1 amide bonds. The number of aliphatic hydroxyl groups excluding tert-OH is 1. The second-order valence-corrected chi connectivity index (χ2v) is 5.46. The molecule has 110 valence electrons. The van der Waals surface area contributed by atoms with Gasteiger partial charge in [-0.2, -0.15) is 5.10 Å². The zero-order valence-electron chi connectivity index (χ0n) is 11.8. The minimum atomic E-state index is -0.276. The minimum Gasteiger partial charge on any atom is -0.393 e. The Hall–Kier alpha value is -2.14. The fourth-order valence-corrected chi connectivity index (χ4v) is 2.61. The second kappa shape index (κ2) is 6.10. The number of rotatable bonds is 3. The number of aromatic nitrogens is 2. The van der Waals surface area contributed by atoms with Crippen LogP contribution >= 0.6 is 0 Å². The Balaban J connectivity index is 1.66. The number of nitrogens with zero attached hydrogens (tertiary/aromatic N) is 2. The topological polar surface area (TPSA) is 69.2 Å². The van der Waals surface area contributed by atoms with Crippen LogP contribution in [0.15, 0.2) is 36.4 Å². The number of hydrogen-bond donors (Lipinski definition) is 2. The zero-order chi connectivity index (χ0) is 14.7. The van der Waals surface area contributed by atoms with Gasteiger partial charge in [0.25, 0.3) is 5.91 Å². The highest BCUT2D eigenvalue weighted by Crippen LogP contribution is 2.14. The average Bonchev–Trinajstić information content (AvgIpc) is 2.97. The van der Waals surface area contributed by atoms with Crippen molar-refractivity contribution in [2.75, 3.05) is 13.1 Å². The summed E-state index contributed by atoms with van der Waals surface area (Å²) in [5.74, 6) is -0.0579. The van der Waals surface area contributed by atoms with E-state index in [1.165, 1.54) is 5.56 Å².